The van der Waals surface area contributed by atoms with E-state index in [2.05, 4.69) is 4.99 Å². The zero-order valence-electron chi connectivity index (χ0n) is 12.6. The van der Waals surface area contributed by atoms with Gasteiger partial charge in [0.05, 0.1) is 11.6 Å². The van der Waals surface area contributed by atoms with E-state index in [4.69, 9.17) is 10.1 Å². The predicted molar refractivity (Wildman–Crippen MR) is 88.0 cm³/mol. The lowest BCUT2D eigenvalue weighted by Gasteiger charge is -2.11. The van der Waals surface area contributed by atoms with Crippen molar-refractivity contribution in [3.8, 4) is 5.75 Å². The van der Waals surface area contributed by atoms with E-state index >= 15 is 0 Å². The minimum absolute atomic E-state index is 0.0308. The molecule has 1 heterocycles. The molecule has 3 rings (SSSR count). The first-order valence-electron chi connectivity index (χ1n) is 7.24. The second-order valence-corrected chi connectivity index (χ2v) is 5.48. The molecule has 1 saturated heterocycles. The van der Waals surface area contributed by atoms with E-state index in [0.717, 1.165) is 16.7 Å². The van der Waals surface area contributed by atoms with E-state index in [9.17, 15) is 9.90 Å². The molecule has 23 heavy (non-hydrogen) atoms. The van der Waals surface area contributed by atoms with Gasteiger partial charge in [-0.3, -0.25) is 10.4 Å². The smallest absolute Gasteiger partial charge is 0.352 e. The molecule has 116 valence electrons. The Morgan fingerprint density at radius 1 is 1.26 bits per heavy atom. The minimum atomic E-state index is -0.565. The van der Waals surface area contributed by atoms with Gasteiger partial charge >= 0.3 is 5.97 Å². The number of cyclic esters (lactones) is 1. The molecule has 0 radical (unpaired) electrons. The van der Waals surface area contributed by atoms with Crippen molar-refractivity contribution in [2.75, 3.05) is 6.61 Å². The summed E-state index contributed by atoms with van der Waals surface area (Å²) in [5, 5.41) is 17.2. The van der Waals surface area contributed by atoms with E-state index in [-0.39, 0.29) is 24.0 Å². The highest BCUT2D eigenvalue weighted by Crippen LogP contribution is 2.32. The third kappa shape index (κ3) is 3.13. The summed E-state index contributed by atoms with van der Waals surface area (Å²) >= 11 is 0. The van der Waals surface area contributed by atoms with Crippen LogP contribution < -0.4 is 0 Å². The number of nitrogens with one attached hydrogen (secondary N) is 1. The quantitative estimate of drug-likeness (QED) is 0.675. The maximum Gasteiger partial charge on any atom is 0.352 e. The average molecular weight is 308 g/mol. The fourth-order valence-electron chi connectivity index (χ4n) is 2.48. The number of benzene rings is 2. The Bertz CT molecular complexity index is 794. The molecule has 1 unspecified atom stereocenters. The molecule has 5 nitrogen and oxygen atoms in total. The number of rotatable bonds is 3. The number of esters is 1. The fraction of sp³-hybridized carbons (Fsp3) is 0.167. The van der Waals surface area contributed by atoms with Crippen LogP contribution in [0.3, 0.4) is 0 Å². The second kappa shape index (κ2) is 6.04. The predicted octanol–water partition coefficient (Wildman–Crippen LogP) is 3.11. The molecule has 2 aromatic rings. The van der Waals surface area contributed by atoms with Gasteiger partial charge in [0.15, 0.2) is 0 Å². The number of carbonyl (C=O) groups is 1. The van der Waals surface area contributed by atoms with Crippen LogP contribution >= 0.6 is 0 Å². The highest BCUT2D eigenvalue weighted by atomic mass is 16.5. The van der Waals surface area contributed by atoms with Crippen LogP contribution in [0.4, 0.5) is 5.69 Å². The molecule has 0 amide bonds. The fourth-order valence-corrected chi connectivity index (χ4v) is 2.48. The summed E-state index contributed by atoms with van der Waals surface area (Å²) in [6.45, 7) is 2.14. The maximum absolute atomic E-state index is 11.5. The van der Waals surface area contributed by atoms with E-state index in [0.29, 0.717) is 5.69 Å². The van der Waals surface area contributed by atoms with Crippen LogP contribution in [0, 0.1) is 12.3 Å². The van der Waals surface area contributed by atoms with Gasteiger partial charge < -0.3 is 9.84 Å². The average Bonchev–Trinajstić information content (AvgIpc) is 2.87. The van der Waals surface area contributed by atoms with Crippen LogP contribution in [-0.4, -0.2) is 29.6 Å². The number of aryl methyl sites for hydroxylation is 1. The number of hydrogen-bond donors (Lipinski definition) is 2. The molecule has 1 fully saturated rings. The number of phenols is 1. The lowest BCUT2D eigenvalue weighted by atomic mass is 9.93. The number of aromatic hydroxyl groups is 1. The highest BCUT2D eigenvalue weighted by molar-refractivity contribution is 6.39. The molecular weight excluding hydrogens is 292 g/mol. The molecule has 0 spiro atoms. The Morgan fingerprint density at radius 2 is 2.00 bits per heavy atom. The molecule has 0 bridgehead atoms. The molecule has 1 atom stereocenters. The summed E-state index contributed by atoms with van der Waals surface area (Å²) < 4.78 is 4.96. The van der Waals surface area contributed by atoms with Crippen molar-refractivity contribution in [2.24, 2.45) is 4.99 Å². The van der Waals surface area contributed by atoms with Gasteiger partial charge in [0.2, 0.25) is 0 Å². The van der Waals surface area contributed by atoms with Crippen LogP contribution in [0.2, 0.25) is 0 Å². The highest BCUT2D eigenvalue weighted by Gasteiger charge is 2.33. The molecule has 2 aromatic carbocycles. The number of phenolic OH excluding ortho intramolecular Hbond substituents is 1. The van der Waals surface area contributed by atoms with Gasteiger partial charge in [-0.25, -0.2) is 4.79 Å². The van der Waals surface area contributed by atoms with Crippen LogP contribution in [-0.2, 0) is 9.53 Å². The van der Waals surface area contributed by atoms with E-state index < -0.39 is 5.97 Å². The number of hydrogen-bond acceptors (Lipinski definition) is 5. The Hall–Kier alpha value is -2.95. The van der Waals surface area contributed by atoms with Crippen LogP contribution in [0.15, 0.2) is 47.5 Å². The molecular formula is C18H16N2O3. The molecule has 0 aliphatic carbocycles. The van der Waals surface area contributed by atoms with Gasteiger partial charge in [-0.05, 0) is 48.4 Å². The van der Waals surface area contributed by atoms with Crippen molar-refractivity contribution < 1.29 is 14.6 Å². The summed E-state index contributed by atoms with van der Waals surface area (Å²) in [6, 6.07) is 12.5. The van der Waals surface area contributed by atoms with Crippen molar-refractivity contribution >= 4 is 23.6 Å². The SMILES string of the molecule is Cc1ccc(N=Cc2ccc(O)cc2)c(C2COC(=O)C2=N)c1. The van der Waals surface area contributed by atoms with Crippen LogP contribution in [0.1, 0.15) is 22.6 Å². The largest absolute Gasteiger partial charge is 0.508 e. The molecule has 1 aliphatic heterocycles. The van der Waals surface area contributed by atoms with E-state index in [1.165, 1.54) is 0 Å². The standard InChI is InChI=1S/C18H16N2O3/c1-11-2-7-16(20-9-12-3-5-13(21)6-4-12)14(8-11)15-10-23-18(22)17(15)19/h2-9,15,19,21H,10H2,1H3. The normalized spacial score (nSPS) is 17.7. The minimum Gasteiger partial charge on any atom is -0.508 e. The van der Waals surface area contributed by atoms with Crippen LogP contribution in [0.25, 0.3) is 0 Å². The van der Waals surface area contributed by atoms with Crippen molar-refractivity contribution in [3.63, 3.8) is 0 Å². The molecule has 2 N–H and O–H groups in total. The Labute approximate surface area is 133 Å². The van der Waals surface area contributed by atoms with E-state index in [1.54, 1.807) is 30.5 Å². The molecule has 0 saturated carbocycles. The van der Waals surface area contributed by atoms with Gasteiger partial charge in [0.1, 0.15) is 18.1 Å². The van der Waals surface area contributed by atoms with Gasteiger partial charge in [0, 0.05) is 6.21 Å². The first-order valence-corrected chi connectivity index (χ1v) is 7.24. The Balaban J connectivity index is 1.94. The second-order valence-electron chi connectivity index (χ2n) is 5.48. The van der Waals surface area contributed by atoms with Crippen molar-refractivity contribution in [2.45, 2.75) is 12.8 Å². The van der Waals surface area contributed by atoms with Gasteiger partial charge in [-0.1, -0.05) is 17.7 Å². The topological polar surface area (TPSA) is 82.7 Å². The number of aliphatic imine (C=N–C) groups is 1. The summed E-state index contributed by atoms with van der Waals surface area (Å²) in [7, 11) is 0. The number of carbonyl (C=O) groups excluding carboxylic acids is 1. The van der Waals surface area contributed by atoms with Gasteiger partial charge in [0.25, 0.3) is 0 Å². The van der Waals surface area contributed by atoms with Crippen LogP contribution in [0.5, 0.6) is 5.75 Å². The summed E-state index contributed by atoms with van der Waals surface area (Å²) in [5.74, 6) is -0.743. The van der Waals surface area contributed by atoms with Gasteiger partial charge in [-0.15, -0.1) is 0 Å². The van der Waals surface area contributed by atoms with Crippen molar-refractivity contribution in [3.05, 3.63) is 59.2 Å². The first-order chi connectivity index (χ1) is 11.0. The zero-order chi connectivity index (χ0) is 16.4. The van der Waals surface area contributed by atoms with E-state index in [1.807, 2.05) is 25.1 Å². The Kier molecular flexibility index (Phi) is 3.93. The Morgan fingerprint density at radius 3 is 2.65 bits per heavy atom. The monoisotopic (exact) mass is 308 g/mol. The number of nitrogens with zero attached hydrogens (tertiary/aromatic N) is 1. The molecule has 5 heteroatoms. The lowest BCUT2D eigenvalue weighted by Crippen LogP contribution is -2.12. The first kappa shape index (κ1) is 15.0. The molecule has 0 aromatic heterocycles. The summed E-state index contributed by atoms with van der Waals surface area (Å²) in [6.07, 6.45) is 1.69. The maximum atomic E-state index is 11.5. The summed E-state index contributed by atoms with van der Waals surface area (Å²) in [4.78, 5) is 15.9. The zero-order valence-corrected chi connectivity index (χ0v) is 12.6. The van der Waals surface area contributed by atoms with Gasteiger partial charge in [-0.2, -0.15) is 0 Å². The third-order valence-corrected chi connectivity index (χ3v) is 3.75. The summed E-state index contributed by atoms with van der Waals surface area (Å²) in [5.41, 5.74) is 3.38. The lowest BCUT2D eigenvalue weighted by molar-refractivity contribution is -0.132. The van der Waals surface area contributed by atoms with Crippen molar-refractivity contribution in [1.82, 2.24) is 0 Å². The third-order valence-electron chi connectivity index (χ3n) is 3.75. The molecule has 1 aliphatic rings. The van der Waals surface area contributed by atoms with Crippen molar-refractivity contribution in [1.29, 1.82) is 5.41 Å². The number of ether oxygens (including phenoxy) is 1.